The van der Waals surface area contributed by atoms with E-state index in [0.29, 0.717) is 42.6 Å². The van der Waals surface area contributed by atoms with Gasteiger partial charge in [-0.3, -0.25) is 9.59 Å². The van der Waals surface area contributed by atoms with Crippen LogP contribution in [0.2, 0.25) is 10.0 Å². The van der Waals surface area contributed by atoms with Gasteiger partial charge in [-0.2, -0.15) is 4.31 Å². The molecule has 4 rings (SSSR count). The Kier molecular flexibility index (Phi) is 14.1. The van der Waals surface area contributed by atoms with Crippen molar-refractivity contribution < 1.29 is 18.0 Å². The minimum absolute atomic E-state index is 0.0172. The Hall–Kier alpha value is -2.99. The average molecular weight is 703 g/mol. The van der Waals surface area contributed by atoms with Gasteiger partial charge >= 0.3 is 0 Å². The highest BCUT2D eigenvalue weighted by molar-refractivity contribution is 7.89. The Morgan fingerprint density at radius 3 is 2.19 bits per heavy atom. The highest BCUT2D eigenvalue weighted by atomic mass is 35.5. The number of halogens is 2. The zero-order chi connectivity index (χ0) is 33.8. The molecule has 3 aromatic rings. The molecule has 3 aromatic carbocycles. The highest BCUT2D eigenvalue weighted by Crippen LogP contribution is 2.32. The van der Waals surface area contributed by atoms with Crippen molar-refractivity contribution in [2.24, 2.45) is 5.92 Å². The summed E-state index contributed by atoms with van der Waals surface area (Å²) < 4.78 is 28.8. The molecular formula is C35H45Cl2N5O4S. The fourth-order valence-corrected chi connectivity index (χ4v) is 7.80. The molecule has 2 amide bonds. The third kappa shape index (κ3) is 11.0. The number of nitrogens with zero attached hydrogens (tertiary/aromatic N) is 3. The van der Waals surface area contributed by atoms with Gasteiger partial charge in [0, 0.05) is 37.7 Å². The average Bonchev–Trinajstić information content (AvgIpc) is 3.07. The number of rotatable bonds is 16. The van der Waals surface area contributed by atoms with Gasteiger partial charge in [-0.25, -0.2) is 8.42 Å². The second-order valence-electron chi connectivity index (χ2n) is 12.1. The van der Waals surface area contributed by atoms with Gasteiger partial charge in [0.15, 0.2) is 0 Å². The van der Waals surface area contributed by atoms with Crippen LogP contribution in [-0.4, -0.2) is 93.7 Å². The predicted octanol–water partition coefficient (Wildman–Crippen LogP) is 4.61. The number of carbonyl (C=O) groups is 2. The molecule has 0 atom stereocenters. The number of nitrogens with one attached hydrogen (secondary N) is 2. The SMILES string of the molecule is Cc1c(Cl)ccc(S(=O)(=O)N(CCc2ccccc2)CC(=O)NCC(=O)N(CCN(C)Cc2ccccc2)CC2CCNCC2)c1Cl. The summed E-state index contributed by atoms with van der Waals surface area (Å²) in [4.78, 5) is 30.7. The van der Waals surface area contributed by atoms with Crippen LogP contribution in [0.3, 0.4) is 0 Å². The van der Waals surface area contributed by atoms with Gasteiger partial charge in [-0.15, -0.1) is 0 Å². The number of benzene rings is 3. The Morgan fingerprint density at radius 2 is 1.53 bits per heavy atom. The normalized spacial score (nSPS) is 14.0. The van der Waals surface area contributed by atoms with E-state index in [4.69, 9.17) is 23.2 Å². The van der Waals surface area contributed by atoms with Gasteiger partial charge in [0.1, 0.15) is 4.90 Å². The Balaban J connectivity index is 1.42. The van der Waals surface area contributed by atoms with Crippen molar-refractivity contribution in [2.75, 3.05) is 59.4 Å². The van der Waals surface area contributed by atoms with Gasteiger partial charge in [0.2, 0.25) is 21.8 Å². The molecule has 1 aliphatic heterocycles. The minimum atomic E-state index is -4.18. The van der Waals surface area contributed by atoms with E-state index in [9.17, 15) is 18.0 Å². The quantitative estimate of drug-likeness (QED) is 0.226. The third-order valence-corrected chi connectivity index (χ3v) is 11.4. The summed E-state index contributed by atoms with van der Waals surface area (Å²) >= 11 is 12.6. The van der Waals surface area contributed by atoms with Crippen LogP contribution in [0.25, 0.3) is 0 Å². The number of sulfonamides is 1. The van der Waals surface area contributed by atoms with Crippen LogP contribution in [0.1, 0.15) is 29.5 Å². The van der Waals surface area contributed by atoms with Crippen molar-refractivity contribution in [3.63, 3.8) is 0 Å². The number of carbonyl (C=O) groups excluding carboxylic acids is 2. The van der Waals surface area contributed by atoms with E-state index >= 15 is 0 Å². The molecule has 0 saturated carbocycles. The Morgan fingerprint density at radius 1 is 0.894 bits per heavy atom. The van der Waals surface area contributed by atoms with Crippen molar-refractivity contribution in [1.29, 1.82) is 0 Å². The fraction of sp³-hybridized carbons (Fsp3) is 0.429. The van der Waals surface area contributed by atoms with E-state index in [-0.39, 0.29) is 28.9 Å². The number of amides is 2. The molecule has 0 radical (unpaired) electrons. The van der Waals surface area contributed by atoms with E-state index < -0.39 is 22.5 Å². The molecule has 47 heavy (non-hydrogen) atoms. The van der Waals surface area contributed by atoms with Crippen LogP contribution in [0.5, 0.6) is 0 Å². The largest absolute Gasteiger partial charge is 0.346 e. The van der Waals surface area contributed by atoms with Crippen molar-refractivity contribution >= 4 is 45.0 Å². The summed E-state index contributed by atoms with van der Waals surface area (Å²) in [5.74, 6) is -0.388. The van der Waals surface area contributed by atoms with Crippen LogP contribution in [0, 0.1) is 12.8 Å². The monoisotopic (exact) mass is 701 g/mol. The molecule has 9 nitrogen and oxygen atoms in total. The first-order chi connectivity index (χ1) is 22.5. The molecule has 1 saturated heterocycles. The first kappa shape index (κ1) is 36.8. The summed E-state index contributed by atoms with van der Waals surface area (Å²) in [6, 6.07) is 22.4. The first-order valence-corrected chi connectivity index (χ1v) is 18.2. The molecule has 0 spiro atoms. The lowest BCUT2D eigenvalue weighted by Gasteiger charge is -2.31. The van der Waals surface area contributed by atoms with Gasteiger partial charge in [0.25, 0.3) is 0 Å². The number of hydrogen-bond donors (Lipinski definition) is 2. The molecule has 2 N–H and O–H groups in total. The van der Waals surface area contributed by atoms with Crippen LogP contribution < -0.4 is 10.6 Å². The second-order valence-corrected chi connectivity index (χ2v) is 14.8. The van der Waals surface area contributed by atoms with E-state index in [0.717, 1.165) is 42.3 Å². The molecule has 0 aliphatic carbocycles. The molecule has 0 unspecified atom stereocenters. The summed E-state index contributed by atoms with van der Waals surface area (Å²) in [5.41, 5.74) is 2.56. The standard InChI is InChI=1S/C35H45Cl2N5O4S/c1-27-31(36)13-14-32(35(27)37)47(45,46)42(20-17-28-9-5-3-6-10-28)26-33(43)39-23-34(44)41(25-30-15-18-38-19-16-30)22-21-40(2)24-29-11-7-4-8-12-29/h3-14,30,38H,15-26H2,1-2H3,(H,39,43). The molecule has 1 aliphatic rings. The molecular weight excluding hydrogens is 657 g/mol. The van der Waals surface area contributed by atoms with Gasteiger partial charge in [-0.1, -0.05) is 83.9 Å². The molecule has 0 aromatic heterocycles. The molecule has 1 fully saturated rings. The van der Waals surface area contributed by atoms with Gasteiger partial charge in [0.05, 0.1) is 18.1 Å². The topological polar surface area (TPSA) is 102 Å². The van der Waals surface area contributed by atoms with Crippen molar-refractivity contribution in [3.8, 4) is 0 Å². The van der Waals surface area contributed by atoms with Crippen LogP contribution in [0.15, 0.2) is 77.7 Å². The molecule has 1 heterocycles. The van der Waals surface area contributed by atoms with Crippen LogP contribution in [0.4, 0.5) is 0 Å². The van der Waals surface area contributed by atoms with Crippen LogP contribution >= 0.6 is 23.2 Å². The summed E-state index contributed by atoms with van der Waals surface area (Å²) in [6.45, 7) is 5.41. The molecule has 254 valence electrons. The maximum Gasteiger partial charge on any atom is 0.245 e. The highest BCUT2D eigenvalue weighted by Gasteiger charge is 2.30. The maximum atomic E-state index is 13.9. The zero-order valence-corrected chi connectivity index (χ0v) is 29.5. The maximum absolute atomic E-state index is 13.9. The lowest BCUT2D eigenvalue weighted by atomic mass is 9.97. The Labute approximate surface area is 289 Å². The number of hydrogen-bond acceptors (Lipinski definition) is 6. The third-order valence-electron chi connectivity index (χ3n) is 8.49. The minimum Gasteiger partial charge on any atom is -0.346 e. The predicted molar refractivity (Wildman–Crippen MR) is 188 cm³/mol. The van der Waals surface area contributed by atoms with E-state index in [1.807, 2.05) is 60.5 Å². The lowest BCUT2D eigenvalue weighted by Crippen LogP contribution is -2.48. The first-order valence-electron chi connectivity index (χ1n) is 16.0. The summed E-state index contributed by atoms with van der Waals surface area (Å²) in [6.07, 6.45) is 2.35. The molecule has 12 heteroatoms. The van der Waals surface area contributed by atoms with Crippen molar-refractivity contribution in [2.45, 2.75) is 37.6 Å². The van der Waals surface area contributed by atoms with Crippen LogP contribution in [-0.2, 0) is 32.6 Å². The zero-order valence-electron chi connectivity index (χ0n) is 27.1. The van der Waals surface area contributed by atoms with Gasteiger partial charge < -0.3 is 20.4 Å². The van der Waals surface area contributed by atoms with Crippen molar-refractivity contribution in [1.82, 2.24) is 24.7 Å². The Bertz CT molecular complexity index is 1570. The smallest absolute Gasteiger partial charge is 0.245 e. The fourth-order valence-electron chi connectivity index (χ4n) is 5.62. The summed E-state index contributed by atoms with van der Waals surface area (Å²) in [7, 11) is -2.15. The number of piperidine rings is 1. The van der Waals surface area contributed by atoms with E-state index in [1.165, 1.54) is 17.7 Å². The summed E-state index contributed by atoms with van der Waals surface area (Å²) in [5, 5.41) is 6.43. The second kappa shape index (κ2) is 18.0. The lowest BCUT2D eigenvalue weighted by molar-refractivity contribution is -0.133. The van der Waals surface area contributed by atoms with Gasteiger partial charge in [-0.05, 0) is 81.1 Å². The molecule has 0 bridgehead atoms. The van der Waals surface area contributed by atoms with E-state index in [2.05, 4.69) is 27.7 Å². The van der Waals surface area contributed by atoms with E-state index in [1.54, 1.807) is 6.92 Å². The number of likely N-dealkylation sites (N-methyl/N-ethyl adjacent to an activating group) is 1. The van der Waals surface area contributed by atoms with Crippen molar-refractivity contribution in [3.05, 3.63) is 99.5 Å².